The number of benzene rings is 1. The zero-order valence-corrected chi connectivity index (χ0v) is 14.9. The SMILES string of the molecule is Cn1c(=O)c(-c2nccn2CC2(CO)CCOCC2)cc2ccccc21. The Kier molecular flexibility index (Phi) is 4.38. The summed E-state index contributed by atoms with van der Waals surface area (Å²) in [5.74, 6) is 0.649. The molecule has 1 aliphatic rings. The number of rotatable bonds is 4. The van der Waals surface area contributed by atoms with Crippen molar-refractivity contribution in [1.29, 1.82) is 0 Å². The quantitative estimate of drug-likeness (QED) is 0.781. The highest BCUT2D eigenvalue weighted by molar-refractivity contribution is 5.83. The van der Waals surface area contributed by atoms with Crippen LogP contribution in [0, 0.1) is 5.41 Å². The predicted octanol–water partition coefficient (Wildman–Crippen LogP) is 2.19. The van der Waals surface area contributed by atoms with Crippen LogP contribution in [0.2, 0.25) is 0 Å². The van der Waals surface area contributed by atoms with Crippen molar-refractivity contribution in [2.45, 2.75) is 19.4 Å². The molecule has 6 nitrogen and oxygen atoms in total. The van der Waals surface area contributed by atoms with Crippen molar-refractivity contribution in [3.8, 4) is 11.4 Å². The highest BCUT2D eigenvalue weighted by Crippen LogP contribution is 2.33. The van der Waals surface area contributed by atoms with Crippen LogP contribution in [0.3, 0.4) is 0 Å². The summed E-state index contributed by atoms with van der Waals surface area (Å²) in [5, 5.41) is 11.0. The van der Waals surface area contributed by atoms with Gasteiger partial charge in [-0.3, -0.25) is 4.79 Å². The first-order chi connectivity index (χ1) is 12.6. The number of aryl methyl sites for hydroxylation is 1. The maximum Gasteiger partial charge on any atom is 0.261 e. The van der Waals surface area contributed by atoms with Gasteiger partial charge in [-0.15, -0.1) is 0 Å². The van der Waals surface area contributed by atoms with Gasteiger partial charge in [0.2, 0.25) is 0 Å². The van der Waals surface area contributed by atoms with Gasteiger partial charge in [-0.1, -0.05) is 18.2 Å². The van der Waals surface area contributed by atoms with E-state index in [0.717, 1.165) is 23.7 Å². The largest absolute Gasteiger partial charge is 0.396 e. The lowest BCUT2D eigenvalue weighted by atomic mass is 9.81. The fraction of sp³-hybridized carbons (Fsp3) is 0.400. The van der Waals surface area contributed by atoms with Crippen molar-refractivity contribution in [2.75, 3.05) is 19.8 Å². The molecular formula is C20H23N3O3. The van der Waals surface area contributed by atoms with Crippen molar-refractivity contribution < 1.29 is 9.84 Å². The molecule has 3 aromatic rings. The van der Waals surface area contributed by atoms with Crippen LogP contribution in [0.25, 0.3) is 22.3 Å². The Bertz CT molecular complexity index is 983. The Morgan fingerprint density at radius 1 is 1.27 bits per heavy atom. The first-order valence-electron chi connectivity index (χ1n) is 8.92. The monoisotopic (exact) mass is 353 g/mol. The maximum atomic E-state index is 12.9. The van der Waals surface area contributed by atoms with E-state index in [1.807, 2.05) is 41.1 Å². The Morgan fingerprint density at radius 2 is 2.04 bits per heavy atom. The Morgan fingerprint density at radius 3 is 2.81 bits per heavy atom. The molecular weight excluding hydrogens is 330 g/mol. The van der Waals surface area contributed by atoms with Crippen molar-refractivity contribution in [3.63, 3.8) is 0 Å². The van der Waals surface area contributed by atoms with Gasteiger partial charge in [0.1, 0.15) is 5.82 Å². The fourth-order valence-electron chi connectivity index (χ4n) is 3.80. The molecule has 0 amide bonds. The Hall–Kier alpha value is -2.44. The summed E-state index contributed by atoms with van der Waals surface area (Å²) in [6, 6.07) is 9.74. The molecule has 1 fully saturated rings. The highest BCUT2D eigenvalue weighted by atomic mass is 16.5. The van der Waals surface area contributed by atoms with E-state index in [1.54, 1.807) is 17.8 Å². The van der Waals surface area contributed by atoms with Gasteiger partial charge >= 0.3 is 0 Å². The van der Waals surface area contributed by atoms with Gasteiger partial charge in [0, 0.05) is 44.6 Å². The standard InChI is InChI=1S/C20H23N3O3/c1-22-17-5-3-2-4-15(17)12-16(19(22)25)18-21-8-9-23(18)13-20(14-24)6-10-26-11-7-20/h2-5,8-9,12,24H,6-7,10-11,13-14H2,1H3. The lowest BCUT2D eigenvalue weighted by Gasteiger charge is -2.36. The van der Waals surface area contributed by atoms with E-state index in [2.05, 4.69) is 4.98 Å². The summed E-state index contributed by atoms with van der Waals surface area (Å²) in [6.45, 7) is 2.03. The Labute approximate surface area is 151 Å². The number of pyridine rings is 1. The molecule has 0 atom stereocenters. The van der Waals surface area contributed by atoms with E-state index in [-0.39, 0.29) is 17.6 Å². The number of hydrogen-bond acceptors (Lipinski definition) is 4. The lowest BCUT2D eigenvalue weighted by molar-refractivity contribution is -0.0250. The van der Waals surface area contributed by atoms with Gasteiger partial charge in [0.05, 0.1) is 17.7 Å². The molecule has 136 valence electrons. The second kappa shape index (κ2) is 6.70. The molecule has 1 saturated heterocycles. The van der Waals surface area contributed by atoms with Crippen LogP contribution in [-0.4, -0.2) is 39.0 Å². The second-order valence-electron chi connectivity index (χ2n) is 7.13. The van der Waals surface area contributed by atoms with Gasteiger partial charge in [-0.25, -0.2) is 4.98 Å². The number of nitrogens with zero attached hydrogens (tertiary/aromatic N) is 3. The zero-order chi connectivity index (χ0) is 18.1. The van der Waals surface area contributed by atoms with Crippen LogP contribution < -0.4 is 5.56 Å². The Balaban J connectivity index is 1.79. The molecule has 4 rings (SSSR count). The fourth-order valence-corrected chi connectivity index (χ4v) is 3.80. The van der Waals surface area contributed by atoms with Gasteiger partial charge in [0.25, 0.3) is 5.56 Å². The van der Waals surface area contributed by atoms with Gasteiger partial charge in [-0.2, -0.15) is 0 Å². The number of aliphatic hydroxyl groups is 1. The first kappa shape index (κ1) is 17.0. The predicted molar refractivity (Wildman–Crippen MR) is 100.0 cm³/mol. The molecule has 3 heterocycles. The molecule has 0 aliphatic carbocycles. The number of para-hydroxylation sites is 1. The van der Waals surface area contributed by atoms with Crippen LogP contribution in [0.5, 0.6) is 0 Å². The lowest BCUT2D eigenvalue weighted by Crippen LogP contribution is -2.37. The summed E-state index contributed by atoms with van der Waals surface area (Å²) in [4.78, 5) is 17.4. The van der Waals surface area contributed by atoms with Crippen molar-refractivity contribution in [3.05, 3.63) is 53.1 Å². The first-order valence-corrected chi connectivity index (χ1v) is 8.92. The molecule has 1 aromatic carbocycles. The molecule has 1 aliphatic heterocycles. The summed E-state index contributed by atoms with van der Waals surface area (Å²) in [5.41, 5.74) is 1.18. The third kappa shape index (κ3) is 2.85. The van der Waals surface area contributed by atoms with Gasteiger partial charge in [0.15, 0.2) is 0 Å². The van der Waals surface area contributed by atoms with Crippen molar-refractivity contribution >= 4 is 10.9 Å². The van der Waals surface area contributed by atoms with E-state index in [1.165, 1.54) is 0 Å². The van der Waals surface area contributed by atoms with E-state index < -0.39 is 0 Å². The zero-order valence-electron chi connectivity index (χ0n) is 14.9. The van der Waals surface area contributed by atoms with Crippen LogP contribution in [0.1, 0.15) is 12.8 Å². The molecule has 0 saturated carbocycles. The minimum atomic E-state index is -0.226. The third-order valence-corrected chi connectivity index (χ3v) is 5.48. The smallest absolute Gasteiger partial charge is 0.261 e. The maximum absolute atomic E-state index is 12.9. The van der Waals surface area contributed by atoms with Crippen molar-refractivity contribution in [2.24, 2.45) is 12.5 Å². The molecule has 6 heteroatoms. The number of hydrogen-bond donors (Lipinski definition) is 1. The second-order valence-corrected chi connectivity index (χ2v) is 7.13. The number of imidazole rings is 1. The molecule has 0 bridgehead atoms. The molecule has 2 aromatic heterocycles. The third-order valence-electron chi connectivity index (χ3n) is 5.48. The van der Waals surface area contributed by atoms with Crippen LogP contribution in [0.4, 0.5) is 0 Å². The van der Waals surface area contributed by atoms with E-state index >= 15 is 0 Å². The topological polar surface area (TPSA) is 69.3 Å². The molecule has 0 unspecified atom stereocenters. The van der Waals surface area contributed by atoms with E-state index in [0.29, 0.717) is 31.1 Å². The van der Waals surface area contributed by atoms with E-state index in [4.69, 9.17) is 4.74 Å². The van der Waals surface area contributed by atoms with Crippen LogP contribution in [-0.2, 0) is 18.3 Å². The van der Waals surface area contributed by atoms with Gasteiger partial charge in [-0.05, 0) is 30.4 Å². The van der Waals surface area contributed by atoms with Crippen LogP contribution in [0.15, 0.2) is 47.5 Å². The summed E-state index contributed by atoms with van der Waals surface area (Å²) >= 11 is 0. The summed E-state index contributed by atoms with van der Waals surface area (Å²) in [7, 11) is 1.79. The summed E-state index contributed by atoms with van der Waals surface area (Å²) in [6.07, 6.45) is 5.21. The van der Waals surface area contributed by atoms with Crippen molar-refractivity contribution in [1.82, 2.24) is 14.1 Å². The molecule has 0 radical (unpaired) electrons. The van der Waals surface area contributed by atoms with Crippen LogP contribution >= 0.6 is 0 Å². The molecule has 26 heavy (non-hydrogen) atoms. The highest BCUT2D eigenvalue weighted by Gasteiger charge is 2.33. The average Bonchev–Trinajstić information content (AvgIpc) is 3.13. The number of ether oxygens (including phenoxy) is 1. The molecule has 0 spiro atoms. The number of aromatic nitrogens is 3. The summed E-state index contributed by atoms with van der Waals surface area (Å²) < 4.78 is 9.11. The number of aliphatic hydroxyl groups excluding tert-OH is 1. The van der Waals surface area contributed by atoms with Gasteiger partial charge < -0.3 is 19.0 Å². The van der Waals surface area contributed by atoms with E-state index in [9.17, 15) is 9.90 Å². The molecule has 1 N–H and O–H groups in total. The normalized spacial score (nSPS) is 16.8. The minimum Gasteiger partial charge on any atom is -0.396 e. The number of fused-ring (bicyclic) bond motifs is 1. The minimum absolute atomic E-state index is 0.0684. The average molecular weight is 353 g/mol.